The van der Waals surface area contributed by atoms with E-state index in [1.165, 1.54) is 16.8 Å². The van der Waals surface area contributed by atoms with Crippen LogP contribution >= 0.6 is 0 Å². The van der Waals surface area contributed by atoms with E-state index in [1.807, 2.05) is 0 Å². The van der Waals surface area contributed by atoms with Gasteiger partial charge in [0.15, 0.2) is 4.90 Å². The molecule has 0 unspecified atom stereocenters. The monoisotopic (exact) mass is 315 g/mol. The molecular formula is C15H19F2NO2S. The van der Waals surface area contributed by atoms with Crippen molar-refractivity contribution >= 4 is 10.0 Å². The van der Waals surface area contributed by atoms with Crippen LogP contribution in [0.2, 0.25) is 0 Å². The summed E-state index contributed by atoms with van der Waals surface area (Å²) in [7, 11) is -4.09. The number of nitrogens with zero attached hydrogens (tertiary/aromatic N) is 1. The molecule has 1 saturated carbocycles. The predicted octanol–water partition coefficient (Wildman–Crippen LogP) is 3.17. The molecule has 0 aromatic heterocycles. The second-order valence-corrected chi connectivity index (χ2v) is 7.88. The topological polar surface area (TPSA) is 37.4 Å². The van der Waals surface area contributed by atoms with Gasteiger partial charge in [-0.3, -0.25) is 0 Å². The summed E-state index contributed by atoms with van der Waals surface area (Å²) >= 11 is 0. The average Bonchev–Trinajstić information content (AvgIpc) is 2.46. The Morgan fingerprint density at radius 1 is 1.00 bits per heavy atom. The van der Waals surface area contributed by atoms with Gasteiger partial charge in [-0.1, -0.05) is 25.3 Å². The van der Waals surface area contributed by atoms with Gasteiger partial charge in [0.1, 0.15) is 11.6 Å². The number of hydrogen-bond donors (Lipinski definition) is 0. The summed E-state index contributed by atoms with van der Waals surface area (Å²) in [5, 5.41) is 0. The van der Waals surface area contributed by atoms with Crippen molar-refractivity contribution in [2.45, 2.75) is 37.0 Å². The van der Waals surface area contributed by atoms with Gasteiger partial charge >= 0.3 is 0 Å². The molecule has 1 aromatic rings. The second kappa shape index (κ2) is 5.65. The Bertz CT molecular complexity index is 612. The SMILES string of the molecule is O=S(=O)(c1c(F)cccc1F)N1CC[C@H]2CCCC[C@@H]2C1. The van der Waals surface area contributed by atoms with Gasteiger partial charge in [0, 0.05) is 13.1 Å². The highest BCUT2D eigenvalue weighted by molar-refractivity contribution is 7.89. The molecule has 3 nitrogen and oxygen atoms in total. The molecule has 3 rings (SSSR count). The third kappa shape index (κ3) is 2.71. The lowest BCUT2D eigenvalue weighted by atomic mass is 9.76. The Morgan fingerprint density at radius 2 is 1.62 bits per heavy atom. The van der Waals surface area contributed by atoms with Crippen molar-refractivity contribution in [1.29, 1.82) is 0 Å². The third-order valence-corrected chi connectivity index (χ3v) is 6.69. The molecule has 0 N–H and O–H groups in total. The Labute approximate surface area is 124 Å². The van der Waals surface area contributed by atoms with Gasteiger partial charge in [0.05, 0.1) is 0 Å². The summed E-state index contributed by atoms with van der Waals surface area (Å²) in [4.78, 5) is -0.806. The minimum absolute atomic E-state index is 0.331. The number of sulfonamides is 1. The molecule has 1 aromatic carbocycles. The van der Waals surface area contributed by atoms with Gasteiger partial charge < -0.3 is 0 Å². The van der Waals surface area contributed by atoms with E-state index in [4.69, 9.17) is 0 Å². The standard InChI is InChI=1S/C15H19F2NO2S/c16-13-6-3-7-14(17)15(13)21(19,20)18-9-8-11-4-1-2-5-12(11)10-18/h3,6-7,11-12H,1-2,4-5,8-10H2/t11-,12-/m1/s1. The number of rotatable bonds is 2. The van der Waals surface area contributed by atoms with Crippen LogP contribution in [0.3, 0.4) is 0 Å². The predicted molar refractivity (Wildman–Crippen MR) is 75.2 cm³/mol. The first-order valence-corrected chi connectivity index (χ1v) is 8.88. The van der Waals surface area contributed by atoms with E-state index < -0.39 is 26.6 Å². The fourth-order valence-electron chi connectivity index (χ4n) is 3.64. The molecule has 1 heterocycles. The molecule has 0 bridgehead atoms. The highest BCUT2D eigenvalue weighted by Crippen LogP contribution is 2.38. The fraction of sp³-hybridized carbons (Fsp3) is 0.600. The highest BCUT2D eigenvalue weighted by Gasteiger charge is 2.38. The van der Waals surface area contributed by atoms with E-state index in [0.29, 0.717) is 24.9 Å². The number of halogens is 2. The number of hydrogen-bond acceptors (Lipinski definition) is 2. The lowest BCUT2D eigenvalue weighted by molar-refractivity contribution is 0.136. The molecule has 1 aliphatic carbocycles. The van der Waals surface area contributed by atoms with Gasteiger partial charge in [-0.15, -0.1) is 0 Å². The fourth-order valence-corrected chi connectivity index (χ4v) is 5.26. The molecule has 0 amide bonds. The summed E-state index contributed by atoms with van der Waals surface area (Å²) in [6.45, 7) is 0.748. The zero-order valence-electron chi connectivity index (χ0n) is 11.8. The van der Waals surface area contributed by atoms with E-state index in [0.717, 1.165) is 37.8 Å². The van der Waals surface area contributed by atoms with Crippen LogP contribution in [-0.4, -0.2) is 25.8 Å². The molecule has 1 aliphatic heterocycles. The summed E-state index contributed by atoms with van der Waals surface area (Å²) < 4.78 is 53.9. The van der Waals surface area contributed by atoms with Crippen LogP contribution in [0.4, 0.5) is 8.78 Å². The molecule has 2 atom stereocenters. The van der Waals surface area contributed by atoms with Gasteiger partial charge in [-0.2, -0.15) is 4.31 Å². The number of piperidine rings is 1. The Morgan fingerprint density at radius 3 is 2.29 bits per heavy atom. The van der Waals surface area contributed by atoms with Crippen LogP contribution < -0.4 is 0 Å². The normalized spacial score (nSPS) is 27.3. The maximum atomic E-state index is 13.8. The van der Waals surface area contributed by atoms with Crippen LogP contribution in [0.5, 0.6) is 0 Å². The van der Waals surface area contributed by atoms with Crippen LogP contribution in [0.1, 0.15) is 32.1 Å². The van der Waals surface area contributed by atoms with Crippen molar-refractivity contribution in [1.82, 2.24) is 4.31 Å². The average molecular weight is 315 g/mol. The first kappa shape index (κ1) is 14.9. The van der Waals surface area contributed by atoms with Crippen LogP contribution in [0.25, 0.3) is 0 Å². The minimum atomic E-state index is -4.09. The van der Waals surface area contributed by atoms with Gasteiger partial charge in [-0.25, -0.2) is 17.2 Å². The maximum Gasteiger partial charge on any atom is 0.248 e. The lowest BCUT2D eigenvalue weighted by Gasteiger charge is -2.40. The summed E-state index contributed by atoms with van der Waals surface area (Å²) in [6, 6.07) is 3.16. The van der Waals surface area contributed by atoms with Crippen LogP contribution in [-0.2, 0) is 10.0 Å². The van der Waals surface area contributed by atoms with Gasteiger partial charge in [0.25, 0.3) is 0 Å². The highest BCUT2D eigenvalue weighted by atomic mass is 32.2. The molecule has 6 heteroatoms. The summed E-state index contributed by atoms with van der Waals surface area (Å²) in [6.07, 6.45) is 5.27. The number of fused-ring (bicyclic) bond motifs is 1. The molecular weight excluding hydrogens is 296 g/mol. The molecule has 2 aliphatic rings. The second-order valence-electron chi connectivity index (χ2n) is 6.01. The van der Waals surface area contributed by atoms with Crippen LogP contribution in [0, 0.1) is 23.5 Å². The maximum absolute atomic E-state index is 13.8. The molecule has 2 fully saturated rings. The molecule has 116 valence electrons. The smallest absolute Gasteiger partial charge is 0.207 e. The van der Waals surface area contributed by atoms with E-state index in [9.17, 15) is 17.2 Å². The molecule has 0 radical (unpaired) electrons. The molecule has 0 spiro atoms. The Balaban J connectivity index is 1.89. The molecule has 21 heavy (non-hydrogen) atoms. The third-order valence-electron chi connectivity index (χ3n) is 4.77. The van der Waals surface area contributed by atoms with Gasteiger partial charge in [-0.05, 0) is 36.8 Å². The van der Waals surface area contributed by atoms with Gasteiger partial charge in [0.2, 0.25) is 10.0 Å². The first-order chi connectivity index (χ1) is 10.00. The van der Waals surface area contributed by atoms with Crippen molar-refractivity contribution in [3.05, 3.63) is 29.8 Å². The van der Waals surface area contributed by atoms with E-state index in [1.54, 1.807) is 0 Å². The van der Waals surface area contributed by atoms with Crippen molar-refractivity contribution < 1.29 is 17.2 Å². The van der Waals surface area contributed by atoms with Crippen molar-refractivity contribution in [2.24, 2.45) is 11.8 Å². The first-order valence-electron chi connectivity index (χ1n) is 7.44. The number of benzene rings is 1. The van der Waals surface area contributed by atoms with Crippen molar-refractivity contribution in [3.63, 3.8) is 0 Å². The van der Waals surface area contributed by atoms with E-state index in [2.05, 4.69) is 0 Å². The zero-order chi connectivity index (χ0) is 15.0. The minimum Gasteiger partial charge on any atom is -0.207 e. The molecule has 1 saturated heterocycles. The quantitative estimate of drug-likeness (QED) is 0.840. The van der Waals surface area contributed by atoms with E-state index in [-0.39, 0.29) is 0 Å². The Kier molecular flexibility index (Phi) is 4.01. The lowest BCUT2D eigenvalue weighted by Crippen LogP contribution is -2.45. The zero-order valence-corrected chi connectivity index (χ0v) is 12.6. The van der Waals surface area contributed by atoms with Crippen molar-refractivity contribution in [3.8, 4) is 0 Å². The van der Waals surface area contributed by atoms with Crippen molar-refractivity contribution in [2.75, 3.05) is 13.1 Å². The Hall–Kier alpha value is -1.01. The summed E-state index contributed by atoms with van der Waals surface area (Å²) in [5.41, 5.74) is 0. The van der Waals surface area contributed by atoms with Crippen LogP contribution in [0.15, 0.2) is 23.1 Å². The largest absolute Gasteiger partial charge is 0.248 e. The van der Waals surface area contributed by atoms with E-state index >= 15 is 0 Å². The summed E-state index contributed by atoms with van der Waals surface area (Å²) in [5.74, 6) is -1.13.